The Kier molecular flexibility index (Phi) is 10.4. The van der Waals surface area contributed by atoms with Gasteiger partial charge in [0.1, 0.15) is 35.4 Å². The third-order valence-electron chi connectivity index (χ3n) is 13.0. The summed E-state index contributed by atoms with van der Waals surface area (Å²) < 4.78 is 4.14. The molecule has 16 nitrogen and oxygen atoms in total. The van der Waals surface area contributed by atoms with Crippen LogP contribution in [0.3, 0.4) is 0 Å². The average molecular weight is 837 g/mol. The van der Waals surface area contributed by atoms with Crippen LogP contribution < -0.4 is 31.1 Å². The highest BCUT2D eigenvalue weighted by Crippen LogP contribution is 2.40. The van der Waals surface area contributed by atoms with Crippen molar-refractivity contribution in [2.75, 3.05) is 108 Å². The van der Waals surface area contributed by atoms with Gasteiger partial charge in [0, 0.05) is 63.6 Å². The summed E-state index contributed by atoms with van der Waals surface area (Å²) in [7, 11) is 9.85. The van der Waals surface area contributed by atoms with E-state index in [9.17, 15) is 10.2 Å². The molecule has 2 aliphatic heterocycles. The van der Waals surface area contributed by atoms with Crippen molar-refractivity contribution in [3.05, 3.63) is 83.4 Å². The maximum Gasteiger partial charge on any atom is 0.150 e. The van der Waals surface area contributed by atoms with Crippen molar-refractivity contribution in [3.63, 3.8) is 0 Å². The lowest BCUT2D eigenvalue weighted by atomic mass is 10.1. The number of hydrogen-bond acceptors (Lipinski definition) is 14. The third kappa shape index (κ3) is 6.78. The predicted molar refractivity (Wildman–Crippen MR) is 249 cm³/mol. The van der Waals surface area contributed by atoms with Gasteiger partial charge in [0.05, 0.1) is 44.6 Å². The molecular formula is C46H56N14O2. The van der Waals surface area contributed by atoms with Gasteiger partial charge in [-0.15, -0.1) is 0 Å². The van der Waals surface area contributed by atoms with E-state index >= 15 is 0 Å². The van der Waals surface area contributed by atoms with Gasteiger partial charge in [-0.2, -0.15) is 0 Å². The van der Waals surface area contributed by atoms with Gasteiger partial charge in [-0.1, -0.05) is 18.2 Å². The lowest BCUT2D eigenvalue weighted by molar-refractivity contribution is 0.150. The zero-order chi connectivity index (χ0) is 42.8. The number of imidazole rings is 2. The fourth-order valence-electron chi connectivity index (χ4n) is 9.65. The number of aliphatic hydroxyl groups is 2. The van der Waals surface area contributed by atoms with Crippen LogP contribution >= 0.6 is 0 Å². The second-order valence-corrected chi connectivity index (χ2v) is 17.1. The number of para-hydroxylation sites is 2. The number of hydrogen-bond donors (Lipinski definition) is 5. The molecule has 0 spiro atoms. The van der Waals surface area contributed by atoms with E-state index in [-0.39, 0.29) is 0 Å². The molecule has 6 aromatic heterocycles. The van der Waals surface area contributed by atoms with Gasteiger partial charge in [-0.3, -0.25) is 19.4 Å². The number of anilines is 4. The Morgan fingerprint density at radius 3 is 1.85 bits per heavy atom. The molecule has 16 heteroatoms. The molecule has 2 fully saturated rings. The Labute approximate surface area is 360 Å². The number of likely N-dealkylation sites (N-methyl/N-ethyl adjacent to an activating group) is 2. The summed E-state index contributed by atoms with van der Waals surface area (Å²) in [6.45, 7) is 8.13. The summed E-state index contributed by atoms with van der Waals surface area (Å²) in [5.41, 5.74) is 16.4. The largest absolute Gasteiger partial charge is 0.398 e. The summed E-state index contributed by atoms with van der Waals surface area (Å²) in [6.07, 6.45) is 0.0613. The van der Waals surface area contributed by atoms with E-state index in [0.717, 1.165) is 127 Å². The van der Waals surface area contributed by atoms with Crippen molar-refractivity contribution in [2.45, 2.75) is 31.8 Å². The molecule has 2 aromatic carbocycles. The highest BCUT2D eigenvalue weighted by Gasteiger charge is 2.28. The molecule has 2 atom stereocenters. The minimum absolute atomic E-state index is 0.448. The van der Waals surface area contributed by atoms with Crippen LogP contribution in [0.2, 0.25) is 0 Å². The third-order valence-corrected chi connectivity index (χ3v) is 13.0. The molecule has 0 bridgehead atoms. The molecule has 0 amide bonds. The SMILES string of the molecule is CNC(O)c1c(N(C)Cc2ccc3c(c2)nc2c([C@H](O)NC)c(N)c4ccc(N5CCCN(C)CC5)nc4n23)c2ccc(N3CCCN(C)CC3)nc2n2c1nc1ccccc12. The van der Waals surface area contributed by atoms with Gasteiger partial charge in [0.25, 0.3) is 0 Å². The lowest BCUT2D eigenvalue weighted by Gasteiger charge is -2.28. The van der Waals surface area contributed by atoms with E-state index in [1.165, 1.54) is 0 Å². The number of nitrogens with one attached hydrogen (secondary N) is 2. The Bertz CT molecular complexity index is 2980. The van der Waals surface area contributed by atoms with E-state index in [0.29, 0.717) is 40.3 Å². The fraction of sp³-hybridized carbons (Fsp3) is 0.391. The molecule has 8 aromatic rings. The van der Waals surface area contributed by atoms with Gasteiger partial charge in [-0.25, -0.2) is 19.9 Å². The summed E-state index contributed by atoms with van der Waals surface area (Å²) in [5.74, 6) is 1.82. The molecule has 62 heavy (non-hydrogen) atoms. The molecule has 1 unspecified atom stereocenters. The number of fused-ring (bicyclic) bond motifs is 10. The average Bonchev–Trinajstić information content (AvgIpc) is 3.67. The molecule has 6 N–H and O–H groups in total. The monoisotopic (exact) mass is 836 g/mol. The predicted octanol–water partition coefficient (Wildman–Crippen LogP) is 4.31. The maximum absolute atomic E-state index is 11.8. The van der Waals surface area contributed by atoms with Crippen molar-refractivity contribution >= 4 is 78.4 Å². The zero-order valence-corrected chi connectivity index (χ0v) is 36.2. The first kappa shape index (κ1) is 40.2. The molecule has 0 saturated carbocycles. The van der Waals surface area contributed by atoms with Crippen LogP contribution in [0.4, 0.5) is 23.0 Å². The number of nitrogens with two attached hydrogens (primary N) is 1. The number of rotatable bonds is 9. The number of aliphatic hydroxyl groups excluding tert-OH is 2. The highest BCUT2D eigenvalue weighted by atomic mass is 16.3. The van der Waals surface area contributed by atoms with Gasteiger partial charge in [-0.05, 0) is 108 Å². The van der Waals surface area contributed by atoms with Crippen LogP contribution in [0.25, 0.3) is 55.4 Å². The first-order valence-corrected chi connectivity index (χ1v) is 21.7. The van der Waals surface area contributed by atoms with Crippen molar-refractivity contribution in [2.24, 2.45) is 0 Å². The van der Waals surface area contributed by atoms with E-state index < -0.39 is 12.5 Å². The molecule has 2 aliphatic rings. The normalized spacial score (nSPS) is 17.2. The van der Waals surface area contributed by atoms with Crippen LogP contribution in [0.15, 0.2) is 66.7 Å². The zero-order valence-electron chi connectivity index (χ0n) is 36.2. The van der Waals surface area contributed by atoms with E-state index in [4.69, 9.17) is 25.7 Å². The first-order chi connectivity index (χ1) is 30.1. The quantitative estimate of drug-likeness (QED) is 0.131. The molecular weight excluding hydrogens is 781 g/mol. The van der Waals surface area contributed by atoms with E-state index in [1.54, 1.807) is 14.1 Å². The van der Waals surface area contributed by atoms with Crippen molar-refractivity contribution in [1.29, 1.82) is 0 Å². The van der Waals surface area contributed by atoms with Crippen molar-refractivity contribution < 1.29 is 10.2 Å². The molecule has 10 rings (SSSR count). The topological polar surface area (TPSA) is 167 Å². The molecule has 0 aliphatic carbocycles. The maximum atomic E-state index is 11.8. The smallest absolute Gasteiger partial charge is 0.150 e. The Balaban J connectivity index is 1.11. The molecule has 2 saturated heterocycles. The standard InChI is InChI=1S/C46H56N14O2/c1-48-45(61)37-39(47)29-13-16-35(57-20-8-18-54(3)22-24-57)52-41(29)60-34-15-12-28(26-32(34)51-43(37)60)27-56(5)40-30-14-17-36(58-21-9-19-55(4)23-25-58)53-42(30)59-33-11-7-6-10-31(33)50-44(59)38(40)46(62)49-2/h6-7,10-17,26,45-46,48-49,61-62H,8-9,18-25,27,47H2,1-5H3/t45-,46?/m0/s1. The van der Waals surface area contributed by atoms with Crippen LogP contribution in [0.1, 0.15) is 42.0 Å². The Hall–Kier alpha value is -5.88. The Morgan fingerprint density at radius 2 is 1.19 bits per heavy atom. The minimum atomic E-state index is -1.04. The van der Waals surface area contributed by atoms with Crippen LogP contribution in [0.5, 0.6) is 0 Å². The van der Waals surface area contributed by atoms with E-state index in [2.05, 4.69) is 90.0 Å². The van der Waals surface area contributed by atoms with Gasteiger partial charge in [0.15, 0.2) is 11.3 Å². The van der Waals surface area contributed by atoms with E-state index in [1.807, 2.05) is 41.8 Å². The first-order valence-electron chi connectivity index (χ1n) is 21.7. The van der Waals surface area contributed by atoms with Gasteiger partial charge >= 0.3 is 0 Å². The summed E-state index contributed by atoms with van der Waals surface area (Å²) in [5, 5.41) is 30.8. The Morgan fingerprint density at radius 1 is 0.629 bits per heavy atom. The van der Waals surface area contributed by atoms with Gasteiger partial charge < -0.3 is 40.4 Å². The second kappa shape index (κ2) is 16.1. The number of nitrogen functional groups attached to an aromatic ring is 1. The number of benzene rings is 2. The van der Waals surface area contributed by atoms with Crippen molar-refractivity contribution in [3.8, 4) is 0 Å². The van der Waals surface area contributed by atoms with Crippen LogP contribution in [0, 0.1) is 0 Å². The lowest BCUT2D eigenvalue weighted by Crippen LogP contribution is -2.29. The molecule has 322 valence electrons. The van der Waals surface area contributed by atoms with Crippen LogP contribution in [-0.2, 0) is 6.54 Å². The van der Waals surface area contributed by atoms with Crippen molar-refractivity contribution in [1.82, 2.24) is 49.2 Å². The summed E-state index contributed by atoms with van der Waals surface area (Å²) in [4.78, 5) is 32.6. The number of aromatic nitrogens is 6. The van der Waals surface area contributed by atoms with Crippen LogP contribution in [-0.4, -0.2) is 136 Å². The minimum Gasteiger partial charge on any atom is -0.398 e. The van der Waals surface area contributed by atoms with Gasteiger partial charge in [0.2, 0.25) is 0 Å². The fourth-order valence-corrected chi connectivity index (χ4v) is 9.65. The highest BCUT2D eigenvalue weighted by molar-refractivity contribution is 6.01. The summed E-state index contributed by atoms with van der Waals surface area (Å²) >= 11 is 0. The summed E-state index contributed by atoms with van der Waals surface area (Å²) in [6, 6.07) is 22.7. The second-order valence-electron chi connectivity index (χ2n) is 17.1. The number of pyridine rings is 4. The molecule has 0 radical (unpaired) electrons. The molecule has 8 heterocycles. The number of nitrogens with zero attached hydrogens (tertiary/aromatic N) is 11.